The van der Waals surface area contributed by atoms with Crippen molar-refractivity contribution in [1.29, 1.82) is 0 Å². The van der Waals surface area contributed by atoms with Crippen molar-refractivity contribution in [2.24, 2.45) is 0 Å². The zero-order valence-corrected chi connectivity index (χ0v) is 27.5. The van der Waals surface area contributed by atoms with Crippen molar-refractivity contribution >= 4 is 17.9 Å². The third kappa shape index (κ3) is 9.18. The average Bonchev–Trinajstić information content (AvgIpc) is 3.34. The van der Waals surface area contributed by atoms with Crippen molar-refractivity contribution in [3.05, 3.63) is 144 Å². The van der Waals surface area contributed by atoms with Gasteiger partial charge in [0.05, 0.1) is 38.6 Å². The molecule has 49 heavy (non-hydrogen) atoms. The first-order valence-corrected chi connectivity index (χ1v) is 16.0. The molecule has 0 N–H and O–H groups in total. The first kappa shape index (κ1) is 35.4. The van der Waals surface area contributed by atoms with Gasteiger partial charge in [-0.1, -0.05) is 109 Å². The second-order valence-electron chi connectivity index (χ2n) is 11.7. The first-order chi connectivity index (χ1) is 23.8. The second kappa shape index (κ2) is 17.0. The van der Waals surface area contributed by atoms with E-state index in [2.05, 4.69) is 0 Å². The molecule has 0 saturated carbocycles. The van der Waals surface area contributed by atoms with Crippen molar-refractivity contribution in [2.75, 3.05) is 19.8 Å². The number of benzene rings is 4. The highest BCUT2D eigenvalue weighted by Crippen LogP contribution is 2.47. The molecule has 1 aliphatic heterocycles. The Balaban J connectivity index is 1.59. The first-order valence-electron chi connectivity index (χ1n) is 16.0. The molecule has 4 aromatic carbocycles. The van der Waals surface area contributed by atoms with Gasteiger partial charge in [-0.05, 0) is 28.8 Å². The lowest BCUT2D eigenvalue weighted by Gasteiger charge is -2.44. The molecule has 1 heterocycles. The Morgan fingerprint density at radius 2 is 1.06 bits per heavy atom. The minimum atomic E-state index is -1.74. The Morgan fingerprint density at radius 1 is 0.592 bits per heavy atom. The molecule has 1 saturated heterocycles. The molecule has 1 unspecified atom stereocenters. The number of esters is 3. The van der Waals surface area contributed by atoms with E-state index in [1.54, 1.807) is 30.3 Å². The zero-order chi connectivity index (χ0) is 34.5. The maximum Gasteiger partial charge on any atom is 0.338 e. The number of carbonyl (C=O) groups excluding carboxylic acids is 3. The monoisotopic (exact) mass is 668 g/mol. The van der Waals surface area contributed by atoms with Gasteiger partial charge in [-0.25, -0.2) is 4.79 Å². The van der Waals surface area contributed by atoms with E-state index in [0.29, 0.717) is 5.56 Å². The van der Waals surface area contributed by atoms with Gasteiger partial charge in [0.1, 0.15) is 6.61 Å². The maximum atomic E-state index is 13.4. The van der Waals surface area contributed by atoms with E-state index in [0.717, 1.165) is 16.7 Å². The second-order valence-corrected chi connectivity index (χ2v) is 11.7. The Labute approximate surface area is 285 Å². The van der Waals surface area contributed by atoms with Crippen molar-refractivity contribution in [3.8, 4) is 0 Å². The van der Waals surface area contributed by atoms with E-state index in [1.807, 2.05) is 91.0 Å². The van der Waals surface area contributed by atoms with Gasteiger partial charge in [-0.2, -0.15) is 0 Å². The van der Waals surface area contributed by atoms with E-state index in [9.17, 15) is 14.4 Å². The molecular weight excluding hydrogens is 628 g/mol. The number of ether oxygens (including phenoxy) is 7. The van der Waals surface area contributed by atoms with Crippen LogP contribution >= 0.6 is 0 Å². The van der Waals surface area contributed by atoms with E-state index >= 15 is 0 Å². The Morgan fingerprint density at radius 3 is 1.57 bits per heavy atom. The van der Waals surface area contributed by atoms with Crippen molar-refractivity contribution in [1.82, 2.24) is 0 Å². The fourth-order valence-electron chi connectivity index (χ4n) is 5.69. The summed E-state index contributed by atoms with van der Waals surface area (Å²) in [6.07, 6.45) is -2.82. The van der Waals surface area contributed by atoms with Gasteiger partial charge in [0, 0.05) is 13.8 Å². The topological polar surface area (TPSA) is 116 Å². The number of rotatable bonds is 16. The molecule has 0 spiro atoms. The summed E-state index contributed by atoms with van der Waals surface area (Å²) in [5.74, 6) is -2.00. The van der Waals surface area contributed by atoms with Crippen LogP contribution in [0.25, 0.3) is 0 Å². The smallest absolute Gasteiger partial charge is 0.338 e. The van der Waals surface area contributed by atoms with Crippen LogP contribution in [-0.4, -0.2) is 61.3 Å². The summed E-state index contributed by atoms with van der Waals surface area (Å²) in [7, 11) is 0. The normalized spacial score (nSPS) is 21.5. The molecule has 10 heteroatoms. The van der Waals surface area contributed by atoms with Gasteiger partial charge < -0.3 is 33.2 Å². The lowest BCUT2D eigenvalue weighted by Crippen LogP contribution is -2.66. The summed E-state index contributed by atoms with van der Waals surface area (Å²) in [4.78, 5) is 38.6. The summed E-state index contributed by atoms with van der Waals surface area (Å²) in [5.41, 5.74) is -0.606. The Kier molecular flexibility index (Phi) is 12.3. The predicted octanol–water partition coefficient (Wildman–Crippen LogP) is 5.82. The summed E-state index contributed by atoms with van der Waals surface area (Å²) < 4.78 is 43.5. The maximum absolute atomic E-state index is 13.4. The summed E-state index contributed by atoms with van der Waals surface area (Å²) in [6.45, 7) is 1.88. The summed E-state index contributed by atoms with van der Waals surface area (Å²) >= 11 is 0. The van der Waals surface area contributed by atoms with Gasteiger partial charge in [0.2, 0.25) is 6.29 Å². The van der Waals surface area contributed by atoms with Crippen molar-refractivity contribution in [2.45, 2.75) is 57.3 Å². The SMILES string of the molecule is CC(=O)OC1O[C@@](COCc2ccccc2)(COC(=O)c2ccccc2)[C@@](COCc2ccccc2)(OCc2ccccc2)[C@H]1OC(C)=O. The molecule has 1 fully saturated rings. The molecule has 4 atom stereocenters. The van der Waals surface area contributed by atoms with Gasteiger partial charge in [0.25, 0.3) is 0 Å². The van der Waals surface area contributed by atoms with Crippen LogP contribution in [0, 0.1) is 0 Å². The zero-order valence-electron chi connectivity index (χ0n) is 27.5. The van der Waals surface area contributed by atoms with Crippen molar-refractivity contribution < 1.29 is 47.5 Å². The van der Waals surface area contributed by atoms with Crippen LogP contribution in [0.4, 0.5) is 0 Å². The van der Waals surface area contributed by atoms with Crippen LogP contribution in [0.1, 0.15) is 40.9 Å². The summed E-state index contributed by atoms with van der Waals surface area (Å²) in [6, 6.07) is 36.8. The van der Waals surface area contributed by atoms with E-state index in [-0.39, 0.29) is 33.0 Å². The van der Waals surface area contributed by atoms with E-state index in [4.69, 9.17) is 33.2 Å². The van der Waals surface area contributed by atoms with E-state index in [1.165, 1.54) is 13.8 Å². The van der Waals surface area contributed by atoms with Gasteiger partial charge in [-0.3, -0.25) is 9.59 Å². The molecule has 0 radical (unpaired) electrons. The molecule has 0 bridgehead atoms. The molecule has 256 valence electrons. The van der Waals surface area contributed by atoms with Crippen LogP contribution in [0.15, 0.2) is 121 Å². The van der Waals surface area contributed by atoms with Crippen LogP contribution in [-0.2, 0) is 62.6 Å². The van der Waals surface area contributed by atoms with Crippen LogP contribution < -0.4 is 0 Å². The fourth-order valence-corrected chi connectivity index (χ4v) is 5.69. The average molecular weight is 669 g/mol. The van der Waals surface area contributed by atoms with Crippen LogP contribution in [0.2, 0.25) is 0 Å². The minimum Gasteiger partial charge on any atom is -0.459 e. The number of carbonyl (C=O) groups is 3. The molecule has 10 nitrogen and oxygen atoms in total. The van der Waals surface area contributed by atoms with Gasteiger partial charge >= 0.3 is 17.9 Å². The highest BCUT2D eigenvalue weighted by molar-refractivity contribution is 5.89. The van der Waals surface area contributed by atoms with Gasteiger partial charge in [0.15, 0.2) is 17.3 Å². The molecule has 1 aliphatic rings. The largest absolute Gasteiger partial charge is 0.459 e. The lowest BCUT2D eigenvalue weighted by molar-refractivity contribution is -0.246. The molecule has 0 aliphatic carbocycles. The molecule has 0 aromatic heterocycles. The van der Waals surface area contributed by atoms with E-state index < -0.39 is 48.1 Å². The molecule has 5 rings (SSSR count). The standard InChI is InChI=1S/C39H40O10/c1-29(40)47-35-37(48-30(2)41)49-38(26-43-23-31-15-7-3-8-16-31,27-45-36(42)34-21-13-6-14-22-34)39(35,46-25-33-19-11-5-12-20-33)28-44-24-32-17-9-4-10-18-32/h3-22,35,37H,23-28H2,1-2H3/t35-,37?,38-,39-/m0/s1. The Bertz CT molecular complexity index is 1630. The Hall–Kier alpha value is -4.87. The lowest BCUT2D eigenvalue weighted by atomic mass is 9.81. The molecular formula is C39H40O10. The molecule has 0 amide bonds. The third-order valence-corrected chi connectivity index (χ3v) is 8.05. The number of hydrogen-bond donors (Lipinski definition) is 0. The third-order valence-electron chi connectivity index (χ3n) is 8.05. The number of hydrogen-bond acceptors (Lipinski definition) is 10. The quantitative estimate of drug-likeness (QED) is 0.107. The highest BCUT2D eigenvalue weighted by Gasteiger charge is 2.71. The van der Waals surface area contributed by atoms with Crippen molar-refractivity contribution in [3.63, 3.8) is 0 Å². The predicted molar refractivity (Wildman–Crippen MR) is 178 cm³/mol. The highest BCUT2D eigenvalue weighted by atomic mass is 16.8. The minimum absolute atomic E-state index is 0.0104. The van der Waals surface area contributed by atoms with Crippen LogP contribution in [0.3, 0.4) is 0 Å². The van der Waals surface area contributed by atoms with Crippen LogP contribution in [0.5, 0.6) is 0 Å². The molecule has 4 aromatic rings. The van der Waals surface area contributed by atoms with Gasteiger partial charge in [-0.15, -0.1) is 0 Å². The summed E-state index contributed by atoms with van der Waals surface area (Å²) in [5, 5.41) is 0. The fraction of sp³-hybridized carbons (Fsp3) is 0.308.